The predicted molar refractivity (Wildman–Crippen MR) is 46.9 cm³/mol. The van der Waals surface area contributed by atoms with Gasteiger partial charge in [0.2, 0.25) is 0 Å². The van der Waals surface area contributed by atoms with Gasteiger partial charge in [0.15, 0.2) is 0 Å². The molecule has 0 amide bonds. The van der Waals surface area contributed by atoms with Crippen LogP contribution in [0.15, 0.2) is 0 Å². The molecule has 1 atom stereocenters. The molecule has 1 fully saturated rings. The van der Waals surface area contributed by atoms with Gasteiger partial charge in [0.05, 0.1) is 0 Å². The largest absolute Gasteiger partial charge is 0.396 e. The fraction of sp³-hybridized carbons (Fsp3) is 1.00. The maximum absolute atomic E-state index is 8.97. The van der Waals surface area contributed by atoms with Gasteiger partial charge in [0, 0.05) is 12.5 Å². The Hall–Kier alpha value is 0.210. The molecule has 1 saturated heterocycles. The lowest BCUT2D eigenvalue weighted by Crippen LogP contribution is -2.33. The van der Waals surface area contributed by atoms with Gasteiger partial charge < -0.3 is 10.4 Å². The van der Waals surface area contributed by atoms with Crippen molar-refractivity contribution in [2.75, 3.05) is 25.6 Å². The Morgan fingerprint density at radius 3 is 2.55 bits per heavy atom. The second kappa shape index (κ2) is 4.96. The average molecular weight is 178 g/mol. The van der Waals surface area contributed by atoms with E-state index in [0.29, 0.717) is 17.7 Å². The minimum absolute atomic E-state index is 0.244. The Labute approximate surface area is 72.9 Å². The van der Waals surface area contributed by atoms with Crippen molar-refractivity contribution in [1.29, 1.82) is 0 Å². The number of piperidine rings is 1. The van der Waals surface area contributed by atoms with Gasteiger partial charge in [0.25, 0.3) is 0 Å². The quantitative estimate of drug-likeness (QED) is 0.627. The number of rotatable bonds is 3. The standard InChI is InChI=1S/C8H16ClNO/c9-5-8(6-11)7-1-3-10-4-2-7/h7-8,10-11H,1-6H2/t8-/m1/s1. The van der Waals surface area contributed by atoms with Crippen molar-refractivity contribution in [3.05, 3.63) is 0 Å². The summed E-state index contributed by atoms with van der Waals surface area (Å²) >= 11 is 5.72. The van der Waals surface area contributed by atoms with Gasteiger partial charge >= 0.3 is 0 Å². The molecular formula is C8H16ClNO. The molecule has 2 nitrogen and oxygen atoms in total. The van der Waals surface area contributed by atoms with E-state index >= 15 is 0 Å². The van der Waals surface area contributed by atoms with Crippen LogP contribution in [0.25, 0.3) is 0 Å². The number of aliphatic hydroxyl groups is 1. The normalized spacial score (nSPS) is 23.5. The van der Waals surface area contributed by atoms with Crippen LogP contribution in [0.4, 0.5) is 0 Å². The summed E-state index contributed by atoms with van der Waals surface area (Å²) in [6.45, 7) is 2.41. The highest BCUT2D eigenvalue weighted by Gasteiger charge is 2.21. The molecule has 66 valence electrons. The summed E-state index contributed by atoms with van der Waals surface area (Å²) in [5.41, 5.74) is 0. The van der Waals surface area contributed by atoms with Crippen LogP contribution in [-0.2, 0) is 0 Å². The molecular weight excluding hydrogens is 162 g/mol. The number of halogens is 1. The zero-order chi connectivity index (χ0) is 8.10. The minimum Gasteiger partial charge on any atom is -0.396 e. The first kappa shape index (κ1) is 9.30. The highest BCUT2D eigenvalue weighted by Crippen LogP contribution is 2.22. The first-order valence-electron chi connectivity index (χ1n) is 4.26. The number of aliphatic hydroxyl groups excluding tert-OH is 1. The van der Waals surface area contributed by atoms with E-state index in [1.807, 2.05) is 0 Å². The maximum Gasteiger partial charge on any atom is 0.0473 e. The van der Waals surface area contributed by atoms with Gasteiger partial charge in [-0.25, -0.2) is 0 Å². The van der Waals surface area contributed by atoms with Gasteiger partial charge in [-0.05, 0) is 37.8 Å². The summed E-state index contributed by atoms with van der Waals surface area (Å²) in [4.78, 5) is 0. The fourth-order valence-corrected chi connectivity index (χ4v) is 1.99. The molecule has 1 rings (SSSR count). The SMILES string of the molecule is OC[C@@H](CCl)C1CCNCC1. The zero-order valence-corrected chi connectivity index (χ0v) is 7.48. The van der Waals surface area contributed by atoms with E-state index in [1.165, 1.54) is 0 Å². The third kappa shape index (κ3) is 2.62. The number of hydrogen-bond acceptors (Lipinski definition) is 2. The molecule has 0 spiro atoms. The molecule has 1 aliphatic heterocycles. The van der Waals surface area contributed by atoms with E-state index in [0.717, 1.165) is 25.9 Å². The van der Waals surface area contributed by atoms with E-state index in [2.05, 4.69) is 5.32 Å². The number of hydrogen-bond donors (Lipinski definition) is 2. The first-order valence-corrected chi connectivity index (χ1v) is 4.79. The molecule has 0 unspecified atom stereocenters. The van der Waals surface area contributed by atoms with Crippen LogP contribution in [0, 0.1) is 11.8 Å². The lowest BCUT2D eigenvalue weighted by atomic mass is 9.86. The number of alkyl halides is 1. The summed E-state index contributed by atoms with van der Waals surface area (Å²) < 4.78 is 0. The molecule has 11 heavy (non-hydrogen) atoms. The minimum atomic E-state index is 0.244. The molecule has 1 heterocycles. The highest BCUT2D eigenvalue weighted by molar-refractivity contribution is 6.18. The predicted octanol–water partition coefficient (Wildman–Crippen LogP) is 0.833. The maximum atomic E-state index is 8.97. The van der Waals surface area contributed by atoms with Gasteiger partial charge in [-0.2, -0.15) is 0 Å². The molecule has 0 bridgehead atoms. The fourth-order valence-electron chi connectivity index (χ4n) is 1.64. The van der Waals surface area contributed by atoms with Gasteiger partial charge in [-0.1, -0.05) is 0 Å². The smallest absolute Gasteiger partial charge is 0.0473 e. The van der Waals surface area contributed by atoms with Crippen molar-refractivity contribution in [3.8, 4) is 0 Å². The topological polar surface area (TPSA) is 32.3 Å². The molecule has 0 radical (unpaired) electrons. The van der Waals surface area contributed by atoms with Gasteiger partial charge in [0.1, 0.15) is 0 Å². The van der Waals surface area contributed by atoms with Crippen molar-refractivity contribution >= 4 is 11.6 Å². The van der Waals surface area contributed by atoms with Gasteiger partial charge in [-0.3, -0.25) is 0 Å². The Bertz CT molecular complexity index is 100. The van der Waals surface area contributed by atoms with E-state index in [-0.39, 0.29) is 6.61 Å². The molecule has 0 aromatic rings. The Balaban J connectivity index is 2.30. The van der Waals surface area contributed by atoms with Crippen molar-refractivity contribution in [3.63, 3.8) is 0 Å². The molecule has 3 heteroatoms. The van der Waals surface area contributed by atoms with Crippen molar-refractivity contribution in [2.45, 2.75) is 12.8 Å². The lowest BCUT2D eigenvalue weighted by Gasteiger charge is -2.27. The second-order valence-corrected chi connectivity index (χ2v) is 3.49. The Kier molecular flexibility index (Phi) is 4.20. The third-order valence-electron chi connectivity index (χ3n) is 2.48. The van der Waals surface area contributed by atoms with Gasteiger partial charge in [-0.15, -0.1) is 11.6 Å². The van der Waals surface area contributed by atoms with Crippen molar-refractivity contribution in [1.82, 2.24) is 5.32 Å². The second-order valence-electron chi connectivity index (χ2n) is 3.18. The first-order chi connectivity index (χ1) is 5.38. The monoisotopic (exact) mass is 177 g/mol. The summed E-state index contributed by atoms with van der Waals surface area (Å²) in [6, 6.07) is 0. The summed E-state index contributed by atoms with van der Waals surface area (Å²) in [5, 5.41) is 12.3. The van der Waals surface area contributed by atoms with E-state index in [1.54, 1.807) is 0 Å². The lowest BCUT2D eigenvalue weighted by molar-refractivity contribution is 0.167. The van der Waals surface area contributed by atoms with Crippen LogP contribution in [0.3, 0.4) is 0 Å². The van der Waals surface area contributed by atoms with E-state index < -0.39 is 0 Å². The van der Waals surface area contributed by atoms with Crippen LogP contribution in [-0.4, -0.2) is 30.7 Å². The van der Waals surface area contributed by atoms with Crippen molar-refractivity contribution < 1.29 is 5.11 Å². The average Bonchev–Trinajstić information content (AvgIpc) is 2.09. The molecule has 0 aliphatic carbocycles. The molecule has 0 aromatic heterocycles. The summed E-state index contributed by atoms with van der Waals surface area (Å²) in [7, 11) is 0. The number of nitrogens with one attached hydrogen (secondary N) is 1. The zero-order valence-electron chi connectivity index (χ0n) is 6.72. The summed E-state index contributed by atoms with van der Waals surface area (Å²) in [6.07, 6.45) is 2.33. The van der Waals surface area contributed by atoms with Crippen LogP contribution in [0.2, 0.25) is 0 Å². The summed E-state index contributed by atoms with van der Waals surface area (Å²) in [5.74, 6) is 1.55. The Morgan fingerprint density at radius 1 is 1.45 bits per heavy atom. The van der Waals surface area contributed by atoms with Crippen LogP contribution in [0.5, 0.6) is 0 Å². The van der Waals surface area contributed by atoms with Crippen LogP contribution in [0.1, 0.15) is 12.8 Å². The molecule has 1 aliphatic rings. The third-order valence-corrected chi connectivity index (χ3v) is 2.88. The van der Waals surface area contributed by atoms with Crippen molar-refractivity contribution in [2.24, 2.45) is 11.8 Å². The molecule has 0 saturated carbocycles. The molecule has 0 aromatic carbocycles. The highest BCUT2D eigenvalue weighted by atomic mass is 35.5. The van der Waals surface area contributed by atoms with Crippen LogP contribution < -0.4 is 5.32 Å². The Morgan fingerprint density at radius 2 is 2.09 bits per heavy atom. The molecule has 2 N–H and O–H groups in total. The van der Waals surface area contributed by atoms with Crippen LogP contribution >= 0.6 is 11.6 Å². The van der Waals surface area contributed by atoms with E-state index in [9.17, 15) is 0 Å². The van der Waals surface area contributed by atoms with E-state index in [4.69, 9.17) is 16.7 Å².